The van der Waals surface area contributed by atoms with Crippen LogP contribution in [0, 0.1) is 0 Å². The van der Waals surface area contributed by atoms with Gasteiger partial charge in [0.15, 0.2) is 5.88 Å². The number of aryl methyl sites for hydroxylation is 1. The Morgan fingerprint density at radius 2 is 2.18 bits per heavy atom. The third-order valence-corrected chi connectivity index (χ3v) is 1.80. The van der Waals surface area contributed by atoms with E-state index in [1.807, 2.05) is 6.07 Å². The molecule has 2 heteroatoms. The molecular weight excluding hydrogens is 138 g/mol. The van der Waals surface area contributed by atoms with Crippen LogP contribution in [0.5, 0.6) is 0 Å². The van der Waals surface area contributed by atoms with Crippen molar-refractivity contribution >= 4 is 5.88 Å². The van der Waals surface area contributed by atoms with E-state index >= 15 is 0 Å². The fourth-order valence-corrected chi connectivity index (χ4v) is 1.23. The number of hydrogen-bond acceptors (Lipinski definition) is 2. The number of nitrogens with two attached hydrogens (primary N) is 1. The van der Waals surface area contributed by atoms with Crippen LogP contribution in [0.15, 0.2) is 10.5 Å². The second kappa shape index (κ2) is 2.99. The monoisotopic (exact) mass is 153 g/mol. The smallest absolute Gasteiger partial charge is 0.190 e. The van der Waals surface area contributed by atoms with Gasteiger partial charge in [0.25, 0.3) is 0 Å². The van der Waals surface area contributed by atoms with E-state index in [1.54, 1.807) is 0 Å². The first-order chi connectivity index (χ1) is 5.15. The Morgan fingerprint density at radius 3 is 2.55 bits per heavy atom. The van der Waals surface area contributed by atoms with Gasteiger partial charge < -0.3 is 10.2 Å². The molecule has 0 unspecified atom stereocenters. The van der Waals surface area contributed by atoms with Gasteiger partial charge in [0.2, 0.25) is 0 Å². The van der Waals surface area contributed by atoms with Crippen molar-refractivity contribution in [2.45, 2.75) is 33.1 Å². The lowest BCUT2D eigenvalue weighted by atomic mass is 10.0. The standard InChI is InChI=1S/C9H15NO/c1-4-8-7(6(2)3)5-9(10)11-8/h5-6H,4,10H2,1-3H3. The zero-order valence-electron chi connectivity index (χ0n) is 7.35. The van der Waals surface area contributed by atoms with Gasteiger partial charge in [-0.05, 0) is 11.5 Å². The number of hydrogen-bond donors (Lipinski definition) is 1. The SMILES string of the molecule is CCc1oc(N)cc1C(C)C. The molecule has 0 saturated carbocycles. The molecule has 2 N–H and O–H groups in total. The number of furan rings is 1. The van der Waals surface area contributed by atoms with E-state index in [2.05, 4.69) is 20.8 Å². The van der Waals surface area contributed by atoms with Crippen LogP contribution >= 0.6 is 0 Å². The molecule has 0 aliphatic rings. The van der Waals surface area contributed by atoms with Gasteiger partial charge >= 0.3 is 0 Å². The maximum Gasteiger partial charge on any atom is 0.190 e. The van der Waals surface area contributed by atoms with E-state index in [0.717, 1.165) is 12.2 Å². The second-order valence-corrected chi connectivity index (χ2v) is 3.04. The summed E-state index contributed by atoms with van der Waals surface area (Å²) in [7, 11) is 0. The van der Waals surface area contributed by atoms with Crippen molar-refractivity contribution in [2.75, 3.05) is 5.73 Å². The van der Waals surface area contributed by atoms with Crippen LogP contribution in [0.4, 0.5) is 5.88 Å². The van der Waals surface area contributed by atoms with Crippen molar-refractivity contribution < 1.29 is 4.42 Å². The van der Waals surface area contributed by atoms with Gasteiger partial charge in [-0.25, -0.2) is 0 Å². The molecule has 0 aliphatic carbocycles. The lowest BCUT2D eigenvalue weighted by Gasteiger charge is -2.01. The number of anilines is 1. The van der Waals surface area contributed by atoms with Crippen LogP contribution in [-0.2, 0) is 6.42 Å². The highest BCUT2D eigenvalue weighted by molar-refractivity contribution is 5.35. The van der Waals surface area contributed by atoms with Crippen molar-refractivity contribution in [1.29, 1.82) is 0 Å². The Balaban J connectivity index is 3.02. The predicted molar refractivity (Wildman–Crippen MR) is 46.6 cm³/mol. The maximum atomic E-state index is 5.53. The molecular formula is C9H15NO. The van der Waals surface area contributed by atoms with Gasteiger partial charge in [-0.15, -0.1) is 0 Å². The Kier molecular flexibility index (Phi) is 2.22. The minimum absolute atomic E-state index is 0.506. The zero-order valence-corrected chi connectivity index (χ0v) is 7.35. The van der Waals surface area contributed by atoms with Gasteiger partial charge in [0.05, 0.1) is 0 Å². The summed E-state index contributed by atoms with van der Waals surface area (Å²) in [6, 6.07) is 1.92. The van der Waals surface area contributed by atoms with Crippen molar-refractivity contribution in [1.82, 2.24) is 0 Å². The van der Waals surface area contributed by atoms with Gasteiger partial charge in [-0.1, -0.05) is 20.8 Å². The van der Waals surface area contributed by atoms with Crippen molar-refractivity contribution in [3.63, 3.8) is 0 Å². The average Bonchev–Trinajstić information content (AvgIpc) is 2.30. The topological polar surface area (TPSA) is 39.2 Å². The molecule has 0 spiro atoms. The maximum absolute atomic E-state index is 5.53. The van der Waals surface area contributed by atoms with Gasteiger partial charge in [0, 0.05) is 12.5 Å². The number of rotatable bonds is 2. The fraction of sp³-hybridized carbons (Fsp3) is 0.556. The fourth-order valence-electron chi connectivity index (χ4n) is 1.23. The molecule has 0 fully saturated rings. The molecule has 0 aromatic carbocycles. The molecule has 11 heavy (non-hydrogen) atoms. The summed E-state index contributed by atoms with van der Waals surface area (Å²) in [4.78, 5) is 0. The molecule has 0 atom stereocenters. The summed E-state index contributed by atoms with van der Waals surface area (Å²) in [6.07, 6.45) is 0.921. The minimum Gasteiger partial charge on any atom is -0.446 e. The van der Waals surface area contributed by atoms with E-state index in [-0.39, 0.29) is 0 Å². The van der Waals surface area contributed by atoms with E-state index in [4.69, 9.17) is 10.2 Å². The molecule has 0 bridgehead atoms. The molecule has 0 radical (unpaired) electrons. The zero-order chi connectivity index (χ0) is 8.43. The first-order valence-corrected chi connectivity index (χ1v) is 4.03. The predicted octanol–water partition coefficient (Wildman–Crippen LogP) is 2.55. The minimum atomic E-state index is 0.506. The van der Waals surface area contributed by atoms with Gasteiger partial charge in [-0.2, -0.15) is 0 Å². The number of nitrogen functional groups attached to an aromatic ring is 1. The van der Waals surface area contributed by atoms with Crippen molar-refractivity contribution in [2.24, 2.45) is 0 Å². The van der Waals surface area contributed by atoms with Crippen LogP contribution in [0.25, 0.3) is 0 Å². The molecule has 1 aromatic rings. The van der Waals surface area contributed by atoms with Crippen molar-refractivity contribution in [3.05, 3.63) is 17.4 Å². The molecule has 1 heterocycles. The first-order valence-electron chi connectivity index (χ1n) is 4.03. The van der Waals surface area contributed by atoms with E-state index in [1.165, 1.54) is 5.56 Å². The van der Waals surface area contributed by atoms with Gasteiger partial charge in [-0.3, -0.25) is 0 Å². The highest BCUT2D eigenvalue weighted by atomic mass is 16.4. The Labute approximate surface area is 67.4 Å². The molecule has 62 valence electrons. The normalized spacial score (nSPS) is 10.9. The summed E-state index contributed by atoms with van der Waals surface area (Å²) in [5.74, 6) is 2.06. The third-order valence-electron chi connectivity index (χ3n) is 1.80. The highest BCUT2D eigenvalue weighted by Crippen LogP contribution is 2.24. The summed E-state index contributed by atoms with van der Waals surface area (Å²) in [5, 5.41) is 0. The summed E-state index contributed by atoms with van der Waals surface area (Å²) >= 11 is 0. The Hall–Kier alpha value is -0.920. The Bertz CT molecular complexity index is 238. The highest BCUT2D eigenvalue weighted by Gasteiger charge is 2.09. The molecule has 2 nitrogen and oxygen atoms in total. The molecule has 0 aliphatic heterocycles. The quantitative estimate of drug-likeness (QED) is 0.709. The third kappa shape index (κ3) is 1.56. The lowest BCUT2D eigenvalue weighted by molar-refractivity contribution is 0.525. The largest absolute Gasteiger partial charge is 0.446 e. The van der Waals surface area contributed by atoms with Crippen LogP contribution in [0.2, 0.25) is 0 Å². The van der Waals surface area contributed by atoms with Crippen LogP contribution in [0.3, 0.4) is 0 Å². The summed E-state index contributed by atoms with van der Waals surface area (Å²) in [6.45, 7) is 6.36. The van der Waals surface area contributed by atoms with Crippen molar-refractivity contribution in [3.8, 4) is 0 Å². The van der Waals surface area contributed by atoms with E-state index in [0.29, 0.717) is 11.8 Å². The van der Waals surface area contributed by atoms with Crippen LogP contribution in [0.1, 0.15) is 38.0 Å². The summed E-state index contributed by atoms with van der Waals surface area (Å²) < 4.78 is 5.30. The summed E-state index contributed by atoms with van der Waals surface area (Å²) in [5.41, 5.74) is 6.77. The lowest BCUT2D eigenvalue weighted by Crippen LogP contribution is -1.88. The Morgan fingerprint density at radius 1 is 1.55 bits per heavy atom. The van der Waals surface area contributed by atoms with Gasteiger partial charge in [0.1, 0.15) is 5.76 Å². The molecule has 0 saturated heterocycles. The molecule has 0 amide bonds. The second-order valence-electron chi connectivity index (χ2n) is 3.04. The molecule has 1 rings (SSSR count). The first kappa shape index (κ1) is 8.18. The average molecular weight is 153 g/mol. The van der Waals surface area contributed by atoms with E-state index in [9.17, 15) is 0 Å². The molecule has 1 aromatic heterocycles. The van der Waals surface area contributed by atoms with Crippen LogP contribution < -0.4 is 5.73 Å². The van der Waals surface area contributed by atoms with E-state index < -0.39 is 0 Å². The van der Waals surface area contributed by atoms with Crippen LogP contribution in [-0.4, -0.2) is 0 Å².